The van der Waals surface area contributed by atoms with Crippen molar-refractivity contribution in [2.45, 2.75) is 116 Å². The van der Waals surface area contributed by atoms with E-state index in [2.05, 4.69) is 19.3 Å². The van der Waals surface area contributed by atoms with Gasteiger partial charge in [-0.05, 0) is 6.42 Å². The molecule has 0 aromatic carbocycles. The number of nitrogens with zero attached hydrogens (tertiary/aromatic N) is 1. The molecular formula is C23H49N2O+. The van der Waals surface area contributed by atoms with Crippen LogP contribution in [-0.4, -0.2) is 49.0 Å². The largest absolute Gasteiger partial charge is 0.391 e. The standard InChI is InChI=1S/C23H49N2O/c1-3-4-5-6-7-8-9-10-11-12-13-14-15-16-17-18-23-24-19-20-25(23,2)21-22-26/h23-24,26H,3-22H2,1-2H3/q+1. The molecule has 0 bridgehead atoms. The van der Waals surface area contributed by atoms with E-state index in [1.165, 1.54) is 109 Å². The van der Waals surface area contributed by atoms with Gasteiger partial charge in [-0.3, -0.25) is 5.32 Å². The van der Waals surface area contributed by atoms with Crippen LogP contribution in [0.25, 0.3) is 0 Å². The Morgan fingerprint density at radius 2 is 1.23 bits per heavy atom. The van der Waals surface area contributed by atoms with E-state index in [0.29, 0.717) is 12.8 Å². The molecule has 1 saturated heterocycles. The van der Waals surface area contributed by atoms with Gasteiger partial charge in [-0.15, -0.1) is 0 Å². The van der Waals surface area contributed by atoms with Crippen LogP contribution < -0.4 is 5.32 Å². The highest BCUT2D eigenvalue weighted by Gasteiger charge is 2.36. The Bertz CT molecular complexity index is 311. The maximum Gasteiger partial charge on any atom is 0.142 e. The maximum absolute atomic E-state index is 9.27. The van der Waals surface area contributed by atoms with Gasteiger partial charge in [0, 0.05) is 6.42 Å². The molecule has 0 amide bonds. The van der Waals surface area contributed by atoms with Crippen LogP contribution in [0.1, 0.15) is 110 Å². The van der Waals surface area contributed by atoms with Crippen LogP contribution in [-0.2, 0) is 0 Å². The van der Waals surface area contributed by atoms with Gasteiger partial charge in [0.2, 0.25) is 0 Å². The SMILES string of the molecule is CCCCCCCCCCCCCCCCCC1NCC[N+]1(C)CCO. The van der Waals surface area contributed by atoms with E-state index in [1.807, 2.05) is 0 Å². The molecule has 0 radical (unpaired) electrons. The van der Waals surface area contributed by atoms with Crippen molar-refractivity contribution in [3.05, 3.63) is 0 Å². The predicted octanol–water partition coefficient (Wildman–Crippen LogP) is 5.62. The highest BCUT2D eigenvalue weighted by atomic mass is 16.3. The van der Waals surface area contributed by atoms with Crippen molar-refractivity contribution in [1.82, 2.24) is 5.32 Å². The summed E-state index contributed by atoms with van der Waals surface area (Å²) in [5.74, 6) is 0. The molecule has 0 saturated carbocycles. The van der Waals surface area contributed by atoms with Gasteiger partial charge in [0.15, 0.2) is 0 Å². The first-order chi connectivity index (χ1) is 12.7. The molecule has 0 aliphatic carbocycles. The number of rotatable bonds is 18. The summed E-state index contributed by atoms with van der Waals surface area (Å²) in [7, 11) is 2.30. The number of hydrogen-bond acceptors (Lipinski definition) is 2. The Morgan fingerprint density at radius 3 is 1.69 bits per heavy atom. The Hall–Kier alpha value is -0.120. The van der Waals surface area contributed by atoms with E-state index in [1.54, 1.807) is 0 Å². The lowest BCUT2D eigenvalue weighted by Crippen LogP contribution is -2.52. The van der Waals surface area contributed by atoms with Gasteiger partial charge in [-0.25, -0.2) is 0 Å². The first-order valence-corrected chi connectivity index (χ1v) is 11.9. The van der Waals surface area contributed by atoms with Gasteiger partial charge < -0.3 is 9.59 Å². The summed E-state index contributed by atoms with van der Waals surface area (Å²) in [6, 6.07) is 0. The zero-order valence-electron chi connectivity index (χ0n) is 18.1. The fraction of sp³-hybridized carbons (Fsp3) is 1.00. The summed E-state index contributed by atoms with van der Waals surface area (Å²) in [6.07, 6.45) is 23.3. The number of hydrogen-bond donors (Lipinski definition) is 2. The van der Waals surface area contributed by atoms with Crippen molar-refractivity contribution in [2.75, 3.05) is 33.3 Å². The van der Waals surface area contributed by atoms with Crippen molar-refractivity contribution in [1.29, 1.82) is 0 Å². The molecule has 2 N–H and O–H groups in total. The van der Waals surface area contributed by atoms with Crippen molar-refractivity contribution in [3.8, 4) is 0 Å². The van der Waals surface area contributed by atoms with E-state index in [9.17, 15) is 5.11 Å². The maximum atomic E-state index is 9.27. The number of aliphatic hydroxyl groups excluding tert-OH is 1. The minimum Gasteiger partial charge on any atom is -0.391 e. The topological polar surface area (TPSA) is 32.3 Å². The number of unbranched alkanes of at least 4 members (excludes halogenated alkanes) is 14. The summed E-state index contributed by atoms with van der Waals surface area (Å²) in [5.41, 5.74) is 0. The van der Waals surface area contributed by atoms with Crippen LogP contribution in [0.3, 0.4) is 0 Å². The summed E-state index contributed by atoms with van der Waals surface area (Å²) < 4.78 is 1.02. The molecule has 0 aromatic heterocycles. The highest BCUT2D eigenvalue weighted by molar-refractivity contribution is 4.66. The van der Waals surface area contributed by atoms with Crippen molar-refractivity contribution < 1.29 is 9.59 Å². The zero-order chi connectivity index (χ0) is 18.9. The van der Waals surface area contributed by atoms with Gasteiger partial charge in [-0.2, -0.15) is 0 Å². The summed E-state index contributed by atoms with van der Waals surface area (Å²) >= 11 is 0. The van der Waals surface area contributed by atoms with Crippen LogP contribution in [0, 0.1) is 0 Å². The molecule has 0 aromatic rings. The second kappa shape index (κ2) is 15.9. The lowest BCUT2D eigenvalue weighted by molar-refractivity contribution is -0.922. The fourth-order valence-electron chi connectivity index (χ4n) is 4.48. The first-order valence-electron chi connectivity index (χ1n) is 11.9. The Balaban J connectivity index is 1.81. The number of nitrogens with one attached hydrogen (secondary N) is 1. The summed E-state index contributed by atoms with van der Waals surface area (Å²) in [4.78, 5) is 0. The molecule has 1 heterocycles. The third kappa shape index (κ3) is 10.9. The van der Waals surface area contributed by atoms with Crippen LogP contribution in [0.15, 0.2) is 0 Å². The van der Waals surface area contributed by atoms with Crippen molar-refractivity contribution >= 4 is 0 Å². The van der Waals surface area contributed by atoms with Gasteiger partial charge in [0.1, 0.15) is 12.7 Å². The third-order valence-corrected chi connectivity index (χ3v) is 6.45. The van der Waals surface area contributed by atoms with Gasteiger partial charge in [0.05, 0.1) is 26.7 Å². The number of quaternary nitrogens is 1. The van der Waals surface area contributed by atoms with Crippen LogP contribution in [0.2, 0.25) is 0 Å². The van der Waals surface area contributed by atoms with Gasteiger partial charge in [0.25, 0.3) is 0 Å². The summed E-state index contributed by atoms with van der Waals surface area (Å²) in [5, 5.41) is 12.9. The molecule has 3 heteroatoms. The normalized spacial score (nSPS) is 23.0. The Kier molecular flexibility index (Phi) is 14.6. The molecule has 2 unspecified atom stereocenters. The fourth-order valence-corrected chi connectivity index (χ4v) is 4.48. The third-order valence-electron chi connectivity index (χ3n) is 6.45. The highest BCUT2D eigenvalue weighted by Crippen LogP contribution is 2.19. The second-order valence-electron chi connectivity index (χ2n) is 8.86. The van der Waals surface area contributed by atoms with E-state index < -0.39 is 0 Å². The second-order valence-corrected chi connectivity index (χ2v) is 8.86. The lowest BCUT2D eigenvalue weighted by atomic mass is 10.0. The quantitative estimate of drug-likeness (QED) is 0.243. The Labute approximate surface area is 164 Å². The van der Waals surface area contributed by atoms with Crippen LogP contribution >= 0.6 is 0 Å². The average Bonchev–Trinajstić information content (AvgIpc) is 2.99. The average molecular weight is 370 g/mol. The molecular weight excluding hydrogens is 320 g/mol. The van der Waals surface area contributed by atoms with E-state index in [-0.39, 0.29) is 0 Å². The smallest absolute Gasteiger partial charge is 0.142 e. The molecule has 0 spiro atoms. The van der Waals surface area contributed by atoms with Gasteiger partial charge in [-0.1, -0.05) is 96.8 Å². The molecule has 156 valence electrons. The molecule has 1 aliphatic rings. The monoisotopic (exact) mass is 369 g/mol. The number of likely N-dealkylation sites (N-methyl/N-ethyl adjacent to an activating group) is 1. The molecule has 1 fully saturated rings. The van der Waals surface area contributed by atoms with E-state index in [0.717, 1.165) is 17.6 Å². The molecule has 1 aliphatic heterocycles. The van der Waals surface area contributed by atoms with E-state index >= 15 is 0 Å². The summed E-state index contributed by atoms with van der Waals surface area (Å²) in [6.45, 7) is 5.79. The molecule has 1 rings (SSSR count). The van der Waals surface area contributed by atoms with Crippen LogP contribution in [0.4, 0.5) is 0 Å². The lowest BCUT2D eigenvalue weighted by Gasteiger charge is -2.34. The predicted molar refractivity (Wildman–Crippen MR) is 114 cm³/mol. The van der Waals surface area contributed by atoms with Crippen molar-refractivity contribution in [2.24, 2.45) is 0 Å². The minimum atomic E-state index is 0.313. The Morgan fingerprint density at radius 1 is 0.769 bits per heavy atom. The molecule has 2 atom stereocenters. The molecule has 3 nitrogen and oxygen atoms in total. The first kappa shape index (κ1) is 23.9. The van der Waals surface area contributed by atoms with Crippen LogP contribution in [0.5, 0.6) is 0 Å². The zero-order valence-corrected chi connectivity index (χ0v) is 18.1. The molecule has 26 heavy (non-hydrogen) atoms. The van der Waals surface area contributed by atoms with E-state index in [4.69, 9.17) is 0 Å². The van der Waals surface area contributed by atoms with Gasteiger partial charge >= 0.3 is 0 Å². The number of aliphatic hydroxyl groups is 1. The van der Waals surface area contributed by atoms with Crippen molar-refractivity contribution in [3.63, 3.8) is 0 Å². The minimum absolute atomic E-state index is 0.313.